The maximum absolute atomic E-state index is 12.0. The molecular formula is C13H19N3O2S. The number of hydrogen-bond acceptors (Lipinski definition) is 5. The Morgan fingerprint density at radius 1 is 1.37 bits per heavy atom. The lowest BCUT2D eigenvalue weighted by Crippen LogP contribution is -2.35. The zero-order chi connectivity index (χ0) is 13.2. The summed E-state index contributed by atoms with van der Waals surface area (Å²) in [5, 5.41) is 16.0. The number of aryl methyl sites for hydroxylation is 2. The van der Waals surface area contributed by atoms with Crippen molar-refractivity contribution in [3.63, 3.8) is 0 Å². The van der Waals surface area contributed by atoms with Crippen LogP contribution in [0, 0.1) is 0 Å². The Bertz CT molecular complexity index is 451. The second-order valence-electron chi connectivity index (χ2n) is 5.29. The van der Waals surface area contributed by atoms with Gasteiger partial charge in [-0.15, -0.1) is 11.3 Å². The molecule has 0 spiro atoms. The molecule has 2 aliphatic rings. The zero-order valence-corrected chi connectivity index (χ0v) is 11.6. The molecule has 5 nitrogen and oxygen atoms in total. The number of fused-ring (bicyclic) bond motifs is 1. The minimum absolute atomic E-state index is 0.0829. The summed E-state index contributed by atoms with van der Waals surface area (Å²) in [6.45, 7) is 0.493. The monoisotopic (exact) mass is 281 g/mol. The third kappa shape index (κ3) is 2.96. The molecule has 2 heterocycles. The number of β-amino-alcohol motifs (C(OH)–C–C–N with tert-alkyl or cyclic N) is 1. The van der Waals surface area contributed by atoms with Gasteiger partial charge in [0, 0.05) is 11.4 Å². The van der Waals surface area contributed by atoms with Crippen LogP contribution in [-0.2, 0) is 17.6 Å². The van der Waals surface area contributed by atoms with Crippen LogP contribution in [0.15, 0.2) is 0 Å². The molecule has 1 amide bonds. The highest BCUT2D eigenvalue weighted by Crippen LogP contribution is 2.29. The van der Waals surface area contributed by atoms with E-state index in [-0.39, 0.29) is 11.9 Å². The molecule has 0 bridgehead atoms. The highest BCUT2D eigenvalue weighted by Gasteiger charge is 2.28. The topological polar surface area (TPSA) is 74.2 Å². The molecule has 19 heavy (non-hydrogen) atoms. The Kier molecular flexibility index (Phi) is 3.81. The number of amides is 1. The fourth-order valence-corrected chi connectivity index (χ4v) is 3.74. The van der Waals surface area contributed by atoms with Crippen LogP contribution in [0.1, 0.15) is 36.3 Å². The lowest BCUT2D eigenvalue weighted by molar-refractivity contribution is -0.117. The average molecular weight is 281 g/mol. The van der Waals surface area contributed by atoms with Crippen LogP contribution >= 0.6 is 11.3 Å². The zero-order valence-electron chi connectivity index (χ0n) is 10.8. The molecule has 3 rings (SSSR count). The summed E-state index contributed by atoms with van der Waals surface area (Å²) in [6.07, 6.45) is 5.87. The highest BCUT2D eigenvalue weighted by atomic mass is 32.1. The Hall–Kier alpha value is -0.980. The minimum atomic E-state index is -0.413. The standard InChI is InChI=1S/C13H19N3O2S/c17-8-6-10(14-7-8)12(18)16-13-15-9-4-2-1-3-5-11(9)19-13/h8,10,14,17H,1-7H2,(H,15,16,18)/t8-,10+/m0/s1. The fraction of sp³-hybridized carbons (Fsp3) is 0.692. The summed E-state index contributed by atoms with van der Waals surface area (Å²) in [6, 6.07) is -0.293. The van der Waals surface area contributed by atoms with Gasteiger partial charge in [0.15, 0.2) is 5.13 Å². The van der Waals surface area contributed by atoms with E-state index in [1.54, 1.807) is 11.3 Å². The Morgan fingerprint density at radius 2 is 2.21 bits per heavy atom. The molecule has 1 aromatic rings. The first-order valence-corrected chi connectivity index (χ1v) is 7.75. The van der Waals surface area contributed by atoms with Crippen LogP contribution in [0.2, 0.25) is 0 Å². The predicted octanol–water partition coefficient (Wildman–Crippen LogP) is 1.07. The number of hydrogen-bond donors (Lipinski definition) is 3. The first kappa shape index (κ1) is 13.0. The quantitative estimate of drug-likeness (QED) is 0.709. The molecule has 0 unspecified atom stereocenters. The maximum Gasteiger partial charge on any atom is 0.243 e. The van der Waals surface area contributed by atoms with Gasteiger partial charge in [0.05, 0.1) is 17.8 Å². The number of aliphatic hydroxyl groups is 1. The van der Waals surface area contributed by atoms with Crippen LogP contribution < -0.4 is 10.6 Å². The molecule has 0 saturated carbocycles. The van der Waals surface area contributed by atoms with E-state index in [1.807, 2.05) is 0 Å². The first-order chi connectivity index (χ1) is 9.22. The molecule has 0 aromatic carbocycles. The van der Waals surface area contributed by atoms with Gasteiger partial charge in [0.25, 0.3) is 0 Å². The molecule has 0 radical (unpaired) electrons. The molecule has 2 atom stereocenters. The number of carbonyl (C=O) groups is 1. The number of nitrogens with one attached hydrogen (secondary N) is 2. The smallest absolute Gasteiger partial charge is 0.243 e. The third-order valence-electron chi connectivity index (χ3n) is 3.75. The summed E-state index contributed by atoms with van der Waals surface area (Å²) in [5.41, 5.74) is 1.16. The van der Waals surface area contributed by atoms with Crippen LogP contribution in [-0.4, -0.2) is 34.7 Å². The van der Waals surface area contributed by atoms with E-state index in [4.69, 9.17) is 0 Å². The summed E-state index contributed by atoms with van der Waals surface area (Å²) in [5.74, 6) is -0.0829. The Labute approximate surface area is 116 Å². The van der Waals surface area contributed by atoms with Crippen molar-refractivity contribution < 1.29 is 9.90 Å². The van der Waals surface area contributed by atoms with Crippen LogP contribution in [0.4, 0.5) is 5.13 Å². The van der Waals surface area contributed by atoms with Gasteiger partial charge in [-0.1, -0.05) is 6.42 Å². The number of nitrogens with zero attached hydrogens (tertiary/aromatic N) is 1. The second kappa shape index (κ2) is 5.56. The van der Waals surface area contributed by atoms with E-state index >= 15 is 0 Å². The van der Waals surface area contributed by atoms with Crippen molar-refractivity contribution in [2.45, 2.75) is 50.7 Å². The molecule has 1 fully saturated rings. The van der Waals surface area contributed by atoms with E-state index < -0.39 is 6.10 Å². The summed E-state index contributed by atoms with van der Waals surface area (Å²) in [7, 11) is 0. The molecule has 6 heteroatoms. The fourth-order valence-electron chi connectivity index (χ4n) is 2.69. The van der Waals surface area contributed by atoms with Crippen LogP contribution in [0.5, 0.6) is 0 Å². The molecule has 3 N–H and O–H groups in total. The molecule has 1 aromatic heterocycles. The second-order valence-corrected chi connectivity index (χ2v) is 6.37. The van der Waals surface area contributed by atoms with Gasteiger partial charge in [-0.25, -0.2) is 4.98 Å². The van der Waals surface area contributed by atoms with Crippen LogP contribution in [0.3, 0.4) is 0 Å². The molecule has 1 saturated heterocycles. The lowest BCUT2D eigenvalue weighted by Gasteiger charge is -2.08. The van der Waals surface area contributed by atoms with Gasteiger partial charge in [-0.2, -0.15) is 0 Å². The van der Waals surface area contributed by atoms with Crippen LogP contribution in [0.25, 0.3) is 0 Å². The molecule has 1 aliphatic heterocycles. The van der Waals surface area contributed by atoms with Gasteiger partial charge >= 0.3 is 0 Å². The van der Waals surface area contributed by atoms with E-state index in [0.717, 1.165) is 18.5 Å². The number of anilines is 1. The van der Waals surface area contributed by atoms with Gasteiger partial charge in [-0.05, 0) is 32.1 Å². The Morgan fingerprint density at radius 3 is 3.00 bits per heavy atom. The molecule has 104 valence electrons. The predicted molar refractivity (Wildman–Crippen MR) is 74.4 cm³/mol. The number of thiazole rings is 1. The summed E-state index contributed by atoms with van der Waals surface area (Å²) in [4.78, 5) is 17.9. The number of rotatable bonds is 2. The third-order valence-corrected chi connectivity index (χ3v) is 4.82. The van der Waals surface area contributed by atoms with Crippen molar-refractivity contribution in [2.75, 3.05) is 11.9 Å². The SMILES string of the molecule is O=C(Nc1nc2c(s1)CCCCC2)[C@H]1C[C@H](O)CN1. The maximum atomic E-state index is 12.0. The van der Waals surface area contributed by atoms with Crippen molar-refractivity contribution in [3.8, 4) is 0 Å². The van der Waals surface area contributed by atoms with Crippen molar-refractivity contribution in [2.24, 2.45) is 0 Å². The largest absolute Gasteiger partial charge is 0.392 e. The Balaban J connectivity index is 1.65. The molecule has 1 aliphatic carbocycles. The van der Waals surface area contributed by atoms with Crippen molar-refractivity contribution in [1.29, 1.82) is 0 Å². The average Bonchev–Trinajstić information content (AvgIpc) is 2.91. The van der Waals surface area contributed by atoms with Gasteiger partial charge in [-0.3, -0.25) is 4.79 Å². The number of aromatic nitrogens is 1. The van der Waals surface area contributed by atoms with Crippen molar-refractivity contribution in [1.82, 2.24) is 10.3 Å². The van der Waals surface area contributed by atoms with E-state index in [1.165, 1.54) is 24.1 Å². The minimum Gasteiger partial charge on any atom is -0.392 e. The van der Waals surface area contributed by atoms with Gasteiger partial charge in [0.1, 0.15) is 0 Å². The molecular weight excluding hydrogens is 262 g/mol. The van der Waals surface area contributed by atoms with Gasteiger partial charge < -0.3 is 15.7 Å². The van der Waals surface area contributed by atoms with E-state index in [0.29, 0.717) is 18.1 Å². The normalized spacial score (nSPS) is 26.8. The first-order valence-electron chi connectivity index (χ1n) is 6.93. The van der Waals surface area contributed by atoms with Crippen molar-refractivity contribution in [3.05, 3.63) is 10.6 Å². The highest BCUT2D eigenvalue weighted by molar-refractivity contribution is 7.15. The van der Waals surface area contributed by atoms with E-state index in [9.17, 15) is 9.90 Å². The summed E-state index contributed by atoms with van der Waals surface area (Å²) >= 11 is 1.60. The number of carbonyl (C=O) groups excluding carboxylic acids is 1. The van der Waals surface area contributed by atoms with Gasteiger partial charge in [0.2, 0.25) is 5.91 Å². The van der Waals surface area contributed by atoms with Crippen molar-refractivity contribution >= 4 is 22.4 Å². The lowest BCUT2D eigenvalue weighted by atomic mass is 10.2. The number of aliphatic hydroxyl groups excluding tert-OH is 1. The summed E-state index contributed by atoms with van der Waals surface area (Å²) < 4.78 is 0. The van der Waals surface area contributed by atoms with E-state index in [2.05, 4.69) is 15.6 Å².